The highest BCUT2D eigenvalue weighted by Gasteiger charge is 2.18. The lowest BCUT2D eigenvalue weighted by Crippen LogP contribution is -2.25. The van der Waals surface area contributed by atoms with Crippen molar-refractivity contribution >= 4 is 0 Å². The second kappa shape index (κ2) is 2.75. The first-order chi connectivity index (χ1) is 5.77. The van der Waals surface area contributed by atoms with E-state index in [2.05, 4.69) is 5.32 Å². The Hall–Kier alpha value is -1.09. The van der Waals surface area contributed by atoms with E-state index in [-0.39, 0.29) is 5.75 Å². The van der Waals surface area contributed by atoms with Crippen molar-refractivity contribution in [2.75, 3.05) is 6.54 Å². The third-order valence-corrected chi connectivity index (χ3v) is 2.10. The maximum atomic E-state index is 13.2. The van der Waals surface area contributed by atoms with Crippen LogP contribution in [0, 0.1) is 0 Å². The van der Waals surface area contributed by atoms with Gasteiger partial charge in [0.25, 0.3) is 0 Å². The highest BCUT2D eigenvalue weighted by atomic mass is 19.1. The van der Waals surface area contributed by atoms with Crippen molar-refractivity contribution in [1.29, 1.82) is 0 Å². The molecule has 1 unspecified atom stereocenters. The van der Waals surface area contributed by atoms with Crippen molar-refractivity contribution in [2.24, 2.45) is 0 Å². The van der Waals surface area contributed by atoms with Crippen LogP contribution in [0.25, 0.3) is 0 Å². The van der Waals surface area contributed by atoms with E-state index in [0.717, 1.165) is 5.56 Å². The first kappa shape index (κ1) is 7.55. The van der Waals surface area contributed by atoms with Gasteiger partial charge in [-0.15, -0.1) is 0 Å². The highest BCUT2D eigenvalue weighted by Crippen LogP contribution is 2.27. The zero-order valence-corrected chi connectivity index (χ0v) is 6.55. The number of phenols is 1. The summed E-state index contributed by atoms with van der Waals surface area (Å²) in [6, 6.07) is 4.78. The summed E-state index contributed by atoms with van der Waals surface area (Å²) in [5.74, 6) is 0.199. The molecule has 0 spiro atoms. The number of hydrogen-bond acceptors (Lipinski definition) is 2. The Balaban J connectivity index is 2.46. The van der Waals surface area contributed by atoms with Gasteiger partial charge in [0.1, 0.15) is 11.9 Å². The first-order valence-electron chi connectivity index (χ1n) is 3.94. The normalized spacial score (nSPS) is 21.9. The van der Waals surface area contributed by atoms with Gasteiger partial charge in [-0.1, -0.05) is 6.07 Å². The van der Waals surface area contributed by atoms with Crippen LogP contribution < -0.4 is 5.32 Å². The lowest BCUT2D eigenvalue weighted by atomic mass is 9.99. The van der Waals surface area contributed by atoms with Gasteiger partial charge in [-0.05, 0) is 23.3 Å². The molecule has 0 aromatic heterocycles. The number of phenolic OH excluding ortho intramolecular Hbond substituents is 1. The van der Waals surface area contributed by atoms with Crippen LogP contribution >= 0.6 is 0 Å². The number of rotatable bonds is 0. The molecule has 64 valence electrons. The second-order valence-corrected chi connectivity index (χ2v) is 2.98. The van der Waals surface area contributed by atoms with Crippen molar-refractivity contribution in [1.82, 2.24) is 5.32 Å². The van der Waals surface area contributed by atoms with E-state index in [9.17, 15) is 4.39 Å². The van der Waals surface area contributed by atoms with E-state index >= 15 is 0 Å². The number of fused-ring (bicyclic) bond motifs is 1. The number of hydrogen-bond donors (Lipinski definition) is 2. The molecule has 0 bridgehead atoms. The summed E-state index contributed by atoms with van der Waals surface area (Å²) < 4.78 is 13.2. The van der Waals surface area contributed by atoms with E-state index in [0.29, 0.717) is 18.7 Å². The summed E-state index contributed by atoms with van der Waals surface area (Å²) in [4.78, 5) is 0. The highest BCUT2D eigenvalue weighted by molar-refractivity contribution is 5.37. The fraction of sp³-hybridized carbons (Fsp3) is 0.333. The van der Waals surface area contributed by atoms with Gasteiger partial charge in [0.15, 0.2) is 0 Å². The zero-order valence-electron chi connectivity index (χ0n) is 6.55. The summed E-state index contributed by atoms with van der Waals surface area (Å²) in [5, 5.41) is 12.1. The van der Waals surface area contributed by atoms with Gasteiger partial charge in [-0.25, -0.2) is 4.39 Å². The molecule has 2 rings (SSSR count). The molecule has 12 heavy (non-hydrogen) atoms. The number of alkyl halides is 1. The van der Waals surface area contributed by atoms with Crippen LogP contribution in [0.4, 0.5) is 4.39 Å². The smallest absolute Gasteiger partial charge is 0.138 e. The first-order valence-corrected chi connectivity index (χ1v) is 3.94. The summed E-state index contributed by atoms with van der Waals surface area (Å²) in [7, 11) is 0. The molecule has 1 aliphatic heterocycles. The predicted octanol–water partition coefficient (Wildman–Crippen LogP) is 1.51. The van der Waals surface area contributed by atoms with Gasteiger partial charge in [0.05, 0.1) is 0 Å². The maximum absolute atomic E-state index is 13.2. The minimum atomic E-state index is -0.936. The summed E-state index contributed by atoms with van der Waals surface area (Å²) >= 11 is 0. The van der Waals surface area contributed by atoms with E-state index < -0.39 is 6.17 Å². The standard InChI is InChI=1S/C9H10FNO/c10-9-5-11-4-6-3-7(12)1-2-8(6)9/h1-3,9,11-12H,4-5H2. The molecule has 1 aromatic carbocycles. The van der Waals surface area contributed by atoms with Gasteiger partial charge in [-0.3, -0.25) is 0 Å². The molecule has 0 radical (unpaired) electrons. The average molecular weight is 167 g/mol. The molecule has 1 aliphatic rings. The Bertz CT molecular complexity index is 301. The monoisotopic (exact) mass is 167 g/mol. The van der Waals surface area contributed by atoms with E-state index in [1.807, 2.05) is 0 Å². The number of aromatic hydroxyl groups is 1. The van der Waals surface area contributed by atoms with Crippen LogP contribution in [-0.4, -0.2) is 11.7 Å². The topological polar surface area (TPSA) is 32.3 Å². The molecule has 1 heterocycles. The molecule has 0 saturated heterocycles. The fourth-order valence-electron chi connectivity index (χ4n) is 1.49. The van der Waals surface area contributed by atoms with Crippen molar-refractivity contribution in [3.05, 3.63) is 29.3 Å². The molecule has 0 amide bonds. The quantitative estimate of drug-likeness (QED) is 0.613. The van der Waals surface area contributed by atoms with Crippen LogP contribution in [0.3, 0.4) is 0 Å². The SMILES string of the molecule is Oc1ccc2c(c1)CNCC2F. The molecule has 0 fully saturated rings. The van der Waals surface area contributed by atoms with Crippen molar-refractivity contribution < 1.29 is 9.50 Å². The second-order valence-electron chi connectivity index (χ2n) is 2.98. The average Bonchev–Trinajstić information content (AvgIpc) is 2.04. The minimum absolute atomic E-state index is 0.199. The molecule has 1 atom stereocenters. The van der Waals surface area contributed by atoms with Crippen LogP contribution in [0.2, 0.25) is 0 Å². The van der Waals surface area contributed by atoms with E-state index in [4.69, 9.17) is 5.11 Å². The number of halogens is 1. The maximum Gasteiger partial charge on any atom is 0.138 e. The van der Waals surface area contributed by atoms with Gasteiger partial charge >= 0.3 is 0 Å². The minimum Gasteiger partial charge on any atom is -0.508 e. The molecule has 1 aromatic rings. The van der Waals surface area contributed by atoms with Crippen molar-refractivity contribution in [3.63, 3.8) is 0 Å². The Kier molecular flexibility index (Phi) is 1.73. The third kappa shape index (κ3) is 1.16. The number of benzene rings is 1. The molecular formula is C9H10FNO. The van der Waals surface area contributed by atoms with Crippen LogP contribution in [0.15, 0.2) is 18.2 Å². The zero-order chi connectivity index (χ0) is 8.55. The predicted molar refractivity (Wildman–Crippen MR) is 43.7 cm³/mol. The van der Waals surface area contributed by atoms with Crippen LogP contribution in [-0.2, 0) is 6.54 Å². The fourth-order valence-corrected chi connectivity index (χ4v) is 1.49. The molecule has 2 nitrogen and oxygen atoms in total. The molecule has 3 heteroatoms. The van der Waals surface area contributed by atoms with Crippen LogP contribution in [0.5, 0.6) is 5.75 Å². The van der Waals surface area contributed by atoms with E-state index in [1.54, 1.807) is 12.1 Å². The van der Waals surface area contributed by atoms with Gasteiger partial charge in [-0.2, -0.15) is 0 Å². The molecule has 0 saturated carbocycles. The van der Waals surface area contributed by atoms with Crippen LogP contribution in [0.1, 0.15) is 17.3 Å². The third-order valence-electron chi connectivity index (χ3n) is 2.10. The summed E-state index contributed by atoms with van der Waals surface area (Å²) in [5.41, 5.74) is 1.56. The molecule has 0 aliphatic carbocycles. The number of nitrogens with one attached hydrogen (secondary N) is 1. The Morgan fingerprint density at radius 1 is 1.50 bits per heavy atom. The van der Waals surface area contributed by atoms with Crippen molar-refractivity contribution in [2.45, 2.75) is 12.7 Å². The largest absolute Gasteiger partial charge is 0.508 e. The Morgan fingerprint density at radius 3 is 3.17 bits per heavy atom. The van der Waals surface area contributed by atoms with Crippen molar-refractivity contribution in [3.8, 4) is 5.75 Å². The Labute approximate surface area is 70.0 Å². The van der Waals surface area contributed by atoms with Gasteiger partial charge in [0.2, 0.25) is 0 Å². The summed E-state index contributed by atoms with van der Waals surface area (Å²) in [6.07, 6.45) is -0.936. The van der Waals surface area contributed by atoms with Gasteiger partial charge in [0, 0.05) is 13.1 Å². The van der Waals surface area contributed by atoms with E-state index in [1.165, 1.54) is 6.07 Å². The molecule has 2 N–H and O–H groups in total. The molecular weight excluding hydrogens is 157 g/mol. The lowest BCUT2D eigenvalue weighted by Gasteiger charge is -2.20. The summed E-state index contributed by atoms with van der Waals surface area (Å²) in [6.45, 7) is 1.02. The Morgan fingerprint density at radius 2 is 2.33 bits per heavy atom. The van der Waals surface area contributed by atoms with Gasteiger partial charge < -0.3 is 10.4 Å². The lowest BCUT2D eigenvalue weighted by molar-refractivity contribution is 0.310.